The molecule has 1 aliphatic heterocycles. The molecule has 1 aromatic carbocycles. The van der Waals surface area contributed by atoms with E-state index in [2.05, 4.69) is 46.0 Å². The summed E-state index contributed by atoms with van der Waals surface area (Å²) in [7, 11) is 0. The second-order valence-corrected chi connectivity index (χ2v) is 4.45. The topological polar surface area (TPSA) is 3.24 Å². The van der Waals surface area contributed by atoms with Gasteiger partial charge in [0, 0.05) is 17.6 Å². The first-order chi connectivity index (χ1) is 6.29. The number of benzene rings is 1. The lowest BCUT2D eigenvalue weighted by atomic mass is 10.0. The van der Waals surface area contributed by atoms with E-state index >= 15 is 0 Å². The van der Waals surface area contributed by atoms with E-state index in [1.165, 1.54) is 28.6 Å². The highest BCUT2D eigenvalue weighted by atomic mass is 79.9. The zero-order valence-corrected chi connectivity index (χ0v) is 10.7. The first kappa shape index (κ1) is 12.0. The molecule has 0 fully saturated rings. The van der Waals surface area contributed by atoms with Gasteiger partial charge in [0.2, 0.25) is 0 Å². The summed E-state index contributed by atoms with van der Waals surface area (Å²) in [5.74, 6) is 0. The molecule has 14 heavy (non-hydrogen) atoms. The van der Waals surface area contributed by atoms with Crippen molar-refractivity contribution in [3.05, 3.63) is 33.8 Å². The highest BCUT2D eigenvalue weighted by Crippen LogP contribution is 2.22. The zero-order valence-electron chi connectivity index (χ0n) is 8.29. The number of rotatable bonds is 1. The zero-order chi connectivity index (χ0) is 9.26. The van der Waals surface area contributed by atoms with Crippen LogP contribution < -0.4 is 0 Å². The van der Waals surface area contributed by atoms with Gasteiger partial charge in [-0.15, -0.1) is 12.4 Å². The minimum Gasteiger partial charge on any atom is -0.299 e. The lowest BCUT2D eigenvalue weighted by Gasteiger charge is -2.27. The van der Waals surface area contributed by atoms with Gasteiger partial charge in [-0.2, -0.15) is 0 Å². The standard InChI is InChI=1S/C11H14BrN.ClH/c1-2-13-6-5-9-3-4-11(12)7-10(9)8-13;/h3-4,7H,2,5-6,8H2,1H3;1H. The molecule has 78 valence electrons. The Kier molecular flexibility index (Phi) is 4.42. The van der Waals surface area contributed by atoms with E-state index in [1.807, 2.05) is 0 Å². The Bertz CT molecular complexity index is 314. The van der Waals surface area contributed by atoms with Crippen LogP contribution in [0.3, 0.4) is 0 Å². The summed E-state index contributed by atoms with van der Waals surface area (Å²) >= 11 is 3.51. The van der Waals surface area contributed by atoms with Crippen LogP contribution in [0.25, 0.3) is 0 Å². The van der Waals surface area contributed by atoms with Crippen molar-refractivity contribution < 1.29 is 0 Å². The van der Waals surface area contributed by atoms with E-state index in [9.17, 15) is 0 Å². The molecule has 0 atom stereocenters. The van der Waals surface area contributed by atoms with Crippen molar-refractivity contribution in [2.75, 3.05) is 13.1 Å². The van der Waals surface area contributed by atoms with Gasteiger partial charge >= 0.3 is 0 Å². The van der Waals surface area contributed by atoms with E-state index < -0.39 is 0 Å². The third-order valence-electron chi connectivity index (χ3n) is 2.71. The average Bonchev–Trinajstić information content (AvgIpc) is 2.16. The van der Waals surface area contributed by atoms with Crippen LogP contribution in [-0.4, -0.2) is 18.0 Å². The monoisotopic (exact) mass is 275 g/mol. The van der Waals surface area contributed by atoms with Crippen molar-refractivity contribution in [1.29, 1.82) is 0 Å². The minimum atomic E-state index is 0. The minimum absolute atomic E-state index is 0. The molecule has 0 saturated carbocycles. The summed E-state index contributed by atoms with van der Waals surface area (Å²) in [6.45, 7) is 5.71. The summed E-state index contributed by atoms with van der Waals surface area (Å²) < 4.78 is 1.20. The van der Waals surface area contributed by atoms with Gasteiger partial charge in [-0.3, -0.25) is 4.90 Å². The molecule has 0 aliphatic carbocycles. The van der Waals surface area contributed by atoms with Crippen molar-refractivity contribution >= 4 is 28.3 Å². The average molecular weight is 277 g/mol. The number of hydrogen-bond acceptors (Lipinski definition) is 1. The molecule has 0 aromatic heterocycles. The van der Waals surface area contributed by atoms with E-state index in [0.29, 0.717) is 0 Å². The molecule has 0 bridgehead atoms. The molecule has 0 saturated heterocycles. The number of nitrogens with zero attached hydrogens (tertiary/aromatic N) is 1. The Labute approximate surface area is 100 Å². The van der Waals surface area contributed by atoms with Crippen LogP contribution >= 0.6 is 28.3 Å². The largest absolute Gasteiger partial charge is 0.299 e. The molecule has 1 heterocycles. The van der Waals surface area contributed by atoms with Crippen molar-refractivity contribution in [2.24, 2.45) is 0 Å². The molecule has 0 radical (unpaired) electrons. The van der Waals surface area contributed by atoms with E-state index in [0.717, 1.165) is 13.1 Å². The van der Waals surface area contributed by atoms with Crippen LogP contribution in [0.4, 0.5) is 0 Å². The van der Waals surface area contributed by atoms with Gasteiger partial charge in [0.05, 0.1) is 0 Å². The third-order valence-corrected chi connectivity index (χ3v) is 3.20. The van der Waals surface area contributed by atoms with Crippen LogP contribution in [0.1, 0.15) is 18.1 Å². The van der Waals surface area contributed by atoms with Crippen LogP contribution in [0.5, 0.6) is 0 Å². The maximum atomic E-state index is 3.51. The van der Waals surface area contributed by atoms with Gasteiger partial charge in [-0.05, 0) is 36.2 Å². The third kappa shape index (κ3) is 2.50. The first-order valence-corrected chi connectivity index (χ1v) is 5.58. The fraction of sp³-hybridized carbons (Fsp3) is 0.455. The lowest BCUT2D eigenvalue weighted by Crippen LogP contribution is -2.30. The van der Waals surface area contributed by atoms with E-state index in [-0.39, 0.29) is 12.4 Å². The van der Waals surface area contributed by atoms with Crippen LogP contribution in [-0.2, 0) is 13.0 Å². The van der Waals surface area contributed by atoms with E-state index in [1.54, 1.807) is 0 Å². The van der Waals surface area contributed by atoms with Gasteiger partial charge in [0.15, 0.2) is 0 Å². The van der Waals surface area contributed by atoms with Crippen molar-refractivity contribution in [1.82, 2.24) is 4.90 Å². The quantitative estimate of drug-likeness (QED) is 0.761. The van der Waals surface area contributed by atoms with Crippen molar-refractivity contribution in [3.8, 4) is 0 Å². The molecule has 0 N–H and O–H groups in total. The van der Waals surface area contributed by atoms with Gasteiger partial charge < -0.3 is 0 Å². The Morgan fingerprint density at radius 3 is 2.86 bits per heavy atom. The second-order valence-electron chi connectivity index (χ2n) is 3.53. The van der Waals surface area contributed by atoms with Gasteiger partial charge in [-0.25, -0.2) is 0 Å². The number of hydrogen-bond donors (Lipinski definition) is 0. The maximum absolute atomic E-state index is 3.51. The SMILES string of the molecule is CCN1CCc2ccc(Br)cc2C1.Cl. The number of halogens is 2. The number of fused-ring (bicyclic) bond motifs is 1. The fourth-order valence-corrected chi connectivity index (χ4v) is 2.26. The molecule has 1 nitrogen and oxygen atoms in total. The molecule has 3 heteroatoms. The Hall–Kier alpha value is -0.0500. The van der Waals surface area contributed by atoms with Gasteiger partial charge in [-0.1, -0.05) is 28.9 Å². The summed E-state index contributed by atoms with van der Waals surface area (Å²) in [5.41, 5.74) is 3.01. The lowest BCUT2D eigenvalue weighted by molar-refractivity contribution is 0.268. The smallest absolute Gasteiger partial charge is 0.0236 e. The van der Waals surface area contributed by atoms with Crippen molar-refractivity contribution in [2.45, 2.75) is 19.9 Å². The van der Waals surface area contributed by atoms with Crippen LogP contribution in [0.2, 0.25) is 0 Å². The first-order valence-electron chi connectivity index (χ1n) is 4.79. The number of likely N-dealkylation sites (N-methyl/N-ethyl adjacent to an activating group) is 1. The molecular weight excluding hydrogens is 261 g/mol. The molecule has 0 amide bonds. The Morgan fingerprint density at radius 1 is 1.36 bits per heavy atom. The molecule has 0 unspecified atom stereocenters. The molecule has 0 spiro atoms. The highest BCUT2D eigenvalue weighted by molar-refractivity contribution is 9.10. The normalized spacial score (nSPS) is 15.9. The Balaban J connectivity index is 0.000000980. The molecule has 1 aliphatic rings. The predicted octanol–water partition coefficient (Wildman–Crippen LogP) is 3.25. The van der Waals surface area contributed by atoms with Crippen molar-refractivity contribution in [3.63, 3.8) is 0 Å². The van der Waals surface area contributed by atoms with Crippen LogP contribution in [0, 0.1) is 0 Å². The summed E-state index contributed by atoms with van der Waals surface area (Å²) in [4.78, 5) is 2.48. The predicted molar refractivity (Wildman–Crippen MR) is 66.0 cm³/mol. The summed E-state index contributed by atoms with van der Waals surface area (Å²) in [5, 5.41) is 0. The Morgan fingerprint density at radius 2 is 2.14 bits per heavy atom. The molecule has 1 aromatic rings. The maximum Gasteiger partial charge on any atom is 0.0236 e. The van der Waals surface area contributed by atoms with E-state index in [4.69, 9.17) is 0 Å². The van der Waals surface area contributed by atoms with Gasteiger partial charge in [0.25, 0.3) is 0 Å². The summed E-state index contributed by atoms with van der Waals surface area (Å²) in [6, 6.07) is 6.63. The summed E-state index contributed by atoms with van der Waals surface area (Å²) in [6.07, 6.45) is 1.20. The molecule has 2 rings (SSSR count). The second kappa shape index (κ2) is 5.15. The van der Waals surface area contributed by atoms with Gasteiger partial charge in [0.1, 0.15) is 0 Å². The highest BCUT2D eigenvalue weighted by Gasteiger charge is 2.14. The molecular formula is C11H15BrClN. The van der Waals surface area contributed by atoms with Crippen LogP contribution in [0.15, 0.2) is 22.7 Å². The fourth-order valence-electron chi connectivity index (χ4n) is 1.85.